The minimum absolute atomic E-state index is 0.697. The molecule has 17 nitrogen and oxygen atoms in total. The van der Waals surface area contributed by atoms with Gasteiger partial charge >= 0.3 is 0 Å². The van der Waals surface area contributed by atoms with Crippen LogP contribution in [0.25, 0.3) is 65.4 Å². The Morgan fingerprint density at radius 1 is 0.287 bits per heavy atom. The molecule has 12 aromatic carbocycles. The van der Waals surface area contributed by atoms with Gasteiger partial charge < -0.3 is 69.5 Å². The third-order valence-electron chi connectivity index (χ3n) is 25.7. The molecule has 662 valence electrons. The molecule has 0 saturated carbocycles. The van der Waals surface area contributed by atoms with Gasteiger partial charge in [-0.3, -0.25) is 0 Å². The van der Waals surface area contributed by atoms with E-state index in [9.17, 15) is 0 Å². The summed E-state index contributed by atoms with van der Waals surface area (Å²) < 4.78 is 11.0. The summed E-state index contributed by atoms with van der Waals surface area (Å²) in [6.45, 7) is 26.4. The molecule has 5 aliphatic heterocycles. The maximum absolute atomic E-state index is 6.30. The van der Waals surface area contributed by atoms with Crippen LogP contribution < -0.4 is 40.1 Å². The van der Waals surface area contributed by atoms with Crippen molar-refractivity contribution in [1.82, 2.24) is 44.4 Å². The molecule has 3 fully saturated rings. The number of unbranched alkanes of at least 4 members (excludes halogenated alkanes) is 1. The molecule has 0 amide bonds. The molecule has 0 radical (unpaired) electrons. The topological polar surface area (TPSA) is 122 Å². The zero-order chi connectivity index (χ0) is 87.5. The van der Waals surface area contributed by atoms with Crippen LogP contribution in [0, 0.1) is 0 Å². The average molecular weight is 1790 g/mol. The van der Waals surface area contributed by atoms with E-state index in [1.165, 1.54) is 129 Å². The van der Waals surface area contributed by atoms with Crippen LogP contribution in [0.5, 0.6) is 11.5 Å². The van der Waals surface area contributed by atoms with Gasteiger partial charge in [-0.25, -0.2) is 15.0 Å². The number of benzene rings is 12. The number of methoxy groups -OCH3 is 2. The first-order valence-corrected chi connectivity index (χ1v) is 48.7. The van der Waals surface area contributed by atoms with Gasteiger partial charge in [0.15, 0.2) is 0 Å². The number of anilines is 9. The summed E-state index contributed by atoms with van der Waals surface area (Å²) in [5.41, 5.74) is 17.1. The fourth-order valence-corrected chi connectivity index (χ4v) is 21.4. The molecule has 0 bridgehead atoms. The fourth-order valence-electron chi connectivity index (χ4n) is 18.9. The first kappa shape index (κ1) is 88.7. The van der Waals surface area contributed by atoms with Crippen molar-refractivity contribution in [2.45, 2.75) is 64.5 Å². The molecule has 3 saturated heterocycles. The number of fused-ring (bicyclic) bond motifs is 10. The van der Waals surface area contributed by atoms with Crippen molar-refractivity contribution >= 4 is 163 Å². The van der Waals surface area contributed by atoms with Gasteiger partial charge in [0.05, 0.1) is 87.1 Å². The SMILES string of the molecule is COc1ccc2nc3cc(Cl)ccc3c(NCCCN3CCN(CCCN(c4ccccc4)c4ccccc4)CC3)c2c1.COc1ccc2nc3cc(Cl)ccc3c(NCCCN3CCN(CCCN4c5ccccc5Sc5ccccc54)CC3)c2c1.c1ccc2c(c1)Sc1ccccc1N2CCCN1CCN(CCCCNc2c3ccccc3nc3ccccc23)CC1. The summed E-state index contributed by atoms with van der Waals surface area (Å²) in [6.07, 6.45) is 8.01. The van der Waals surface area contributed by atoms with E-state index >= 15 is 0 Å². The van der Waals surface area contributed by atoms with Crippen LogP contribution in [0.1, 0.15) is 44.9 Å². The van der Waals surface area contributed by atoms with Crippen LogP contribution in [0.4, 0.5) is 51.2 Å². The molecule has 20 rings (SSSR count). The number of aromatic nitrogens is 3. The number of halogens is 2. The predicted molar refractivity (Wildman–Crippen MR) is 545 cm³/mol. The molecule has 15 aromatic rings. The first-order valence-electron chi connectivity index (χ1n) is 46.3. The number of hydrogen-bond donors (Lipinski definition) is 3. The van der Waals surface area contributed by atoms with Crippen LogP contribution >= 0.6 is 46.7 Å². The van der Waals surface area contributed by atoms with Crippen molar-refractivity contribution in [3.05, 3.63) is 289 Å². The Kier molecular flexibility index (Phi) is 30.0. The van der Waals surface area contributed by atoms with Gasteiger partial charge in [-0.05, 0) is 242 Å². The molecule has 0 aliphatic carbocycles. The van der Waals surface area contributed by atoms with E-state index in [2.05, 4.69) is 291 Å². The lowest BCUT2D eigenvalue weighted by molar-refractivity contribution is 0.130. The molecular formula is C108H117Cl2N15O2S2. The number of para-hydroxylation sites is 8. The van der Waals surface area contributed by atoms with Gasteiger partial charge in [0.25, 0.3) is 0 Å². The smallest absolute Gasteiger partial charge is 0.119 e. The second kappa shape index (κ2) is 43.7. The standard InChI is InChI=1S/C36H38ClN5OS.C36H40ClN5O.C36H39N5S/c1-43-27-13-15-30-29(25-27)36(28-14-12-26(37)24-31(28)39-30)38-16-6-17-40-20-22-41(23-21-40)18-7-19-42-32-8-2-4-10-34(32)44-35-11-5-3-9-33(35)42;1-43-31-15-17-34-33(27-31)36(32-16-14-28(37)26-35(32)39-34)38-18-8-19-40-22-24-41(25-23-40)20-9-21-42(29-10-4-2-5-11-29)30-12-6-3-7-13-30;1-3-14-30-28(12-1)36(29-13-2-4-15-31(29)38-30)37-20-9-10-21-39-24-26-40(27-25-39)22-11-23-41-32-16-5-7-18-34(32)42-35-19-8-6-17-33(35)41/h2-5,8-15,24-25H,6-7,16-23H2,1H3,(H,38,39);2-7,10-17,26-27H,8-9,18-25H2,1H3,(H,38,39);1-8,12-19H,9-11,20-27H2,(H,37,38). The van der Waals surface area contributed by atoms with Crippen LogP contribution in [-0.2, 0) is 0 Å². The lowest BCUT2D eigenvalue weighted by atomic mass is 10.1. The zero-order valence-electron chi connectivity index (χ0n) is 74.2. The highest BCUT2D eigenvalue weighted by Gasteiger charge is 2.28. The lowest BCUT2D eigenvalue weighted by Gasteiger charge is -2.36. The zero-order valence-corrected chi connectivity index (χ0v) is 77.4. The van der Waals surface area contributed by atoms with Crippen LogP contribution in [0.3, 0.4) is 0 Å². The summed E-state index contributed by atoms with van der Waals surface area (Å²) in [5, 5.41) is 19.4. The van der Waals surface area contributed by atoms with E-state index in [0.29, 0.717) is 10.0 Å². The fraction of sp³-hybridized carbons (Fsp3) is 0.306. The lowest BCUT2D eigenvalue weighted by Crippen LogP contribution is -2.47. The van der Waals surface area contributed by atoms with E-state index in [0.717, 1.165) is 221 Å². The summed E-state index contributed by atoms with van der Waals surface area (Å²) in [4.78, 5) is 43.3. The molecule has 129 heavy (non-hydrogen) atoms. The van der Waals surface area contributed by atoms with E-state index < -0.39 is 0 Å². The predicted octanol–water partition coefficient (Wildman–Crippen LogP) is 23.8. The monoisotopic (exact) mass is 1790 g/mol. The Balaban J connectivity index is 0.000000130. The number of hydrogen-bond acceptors (Lipinski definition) is 19. The molecule has 8 heterocycles. The molecule has 3 N–H and O–H groups in total. The van der Waals surface area contributed by atoms with Gasteiger partial charge in [0, 0.05) is 191 Å². The maximum Gasteiger partial charge on any atom is 0.119 e. The highest BCUT2D eigenvalue weighted by Crippen LogP contribution is 2.50. The highest BCUT2D eigenvalue weighted by atomic mass is 35.5. The number of nitrogens with zero attached hydrogens (tertiary/aromatic N) is 12. The average Bonchev–Trinajstić information content (AvgIpc) is 0.771. The van der Waals surface area contributed by atoms with Crippen LogP contribution in [-0.4, -0.2) is 216 Å². The maximum atomic E-state index is 6.30. The Morgan fingerprint density at radius 3 is 0.992 bits per heavy atom. The summed E-state index contributed by atoms with van der Waals surface area (Å²) in [6, 6.07) is 97.6. The van der Waals surface area contributed by atoms with Crippen molar-refractivity contribution in [2.24, 2.45) is 0 Å². The van der Waals surface area contributed by atoms with Gasteiger partial charge in [-0.2, -0.15) is 0 Å². The van der Waals surface area contributed by atoms with Crippen molar-refractivity contribution in [3.63, 3.8) is 0 Å². The molecule has 0 atom stereocenters. The van der Waals surface area contributed by atoms with Crippen molar-refractivity contribution in [1.29, 1.82) is 0 Å². The number of ether oxygens (including phenoxy) is 2. The first-order chi connectivity index (χ1) is 63.7. The second-order valence-electron chi connectivity index (χ2n) is 34.1. The minimum atomic E-state index is 0.697. The Labute approximate surface area is 778 Å². The van der Waals surface area contributed by atoms with E-state index in [1.54, 1.807) is 14.2 Å². The normalized spacial score (nSPS) is 15.1. The Bertz CT molecular complexity index is 6070. The Hall–Kier alpha value is -10.9. The van der Waals surface area contributed by atoms with E-state index in [4.69, 9.17) is 47.6 Å². The third-order valence-corrected chi connectivity index (χ3v) is 28.5. The molecule has 3 aromatic heterocycles. The van der Waals surface area contributed by atoms with Gasteiger partial charge in [-0.15, -0.1) is 0 Å². The number of pyridine rings is 3. The number of nitrogens with one attached hydrogen (secondary N) is 3. The molecule has 21 heteroatoms. The summed E-state index contributed by atoms with van der Waals surface area (Å²) in [5.74, 6) is 1.66. The minimum Gasteiger partial charge on any atom is -0.497 e. The quantitative estimate of drug-likeness (QED) is 0.0273. The van der Waals surface area contributed by atoms with Crippen LogP contribution in [0.15, 0.2) is 299 Å². The van der Waals surface area contributed by atoms with Crippen molar-refractivity contribution < 1.29 is 9.47 Å². The summed E-state index contributed by atoms with van der Waals surface area (Å²) >= 11 is 16.4. The van der Waals surface area contributed by atoms with Crippen molar-refractivity contribution in [3.8, 4) is 11.5 Å². The Morgan fingerprint density at radius 2 is 0.597 bits per heavy atom. The molecule has 5 aliphatic rings. The third kappa shape index (κ3) is 22.1. The van der Waals surface area contributed by atoms with E-state index in [1.807, 2.05) is 72.1 Å². The van der Waals surface area contributed by atoms with Crippen molar-refractivity contribution in [2.75, 3.05) is 202 Å². The highest BCUT2D eigenvalue weighted by molar-refractivity contribution is 8.00. The molecular weight excluding hydrogens is 1670 g/mol. The number of rotatable bonds is 32. The van der Waals surface area contributed by atoms with Gasteiger partial charge in [0.1, 0.15) is 11.5 Å². The van der Waals surface area contributed by atoms with Gasteiger partial charge in [-0.1, -0.05) is 168 Å². The van der Waals surface area contributed by atoms with E-state index in [-0.39, 0.29) is 0 Å². The molecule has 0 unspecified atom stereocenters. The van der Waals surface area contributed by atoms with Crippen LogP contribution in [0.2, 0.25) is 10.0 Å². The second-order valence-corrected chi connectivity index (χ2v) is 37.1. The largest absolute Gasteiger partial charge is 0.497 e. The molecule has 0 spiro atoms. The van der Waals surface area contributed by atoms with Gasteiger partial charge in [0.2, 0.25) is 0 Å². The number of piperazine rings is 3. The summed E-state index contributed by atoms with van der Waals surface area (Å²) in [7, 11) is 3.40.